The molecule has 0 spiro atoms. The summed E-state index contributed by atoms with van der Waals surface area (Å²) in [6.07, 6.45) is 7.30. The molecule has 0 saturated carbocycles. The van der Waals surface area contributed by atoms with E-state index in [1.807, 2.05) is 25.3 Å². The molecule has 5 heteroatoms. The van der Waals surface area contributed by atoms with E-state index in [1.54, 1.807) is 12.3 Å². The first-order valence-corrected chi connectivity index (χ1v) is 8.59. The van der Waals surface area contributed by atoms with Crippen LogP contribution in [0.25, 0.3) is 0 Å². The van der Waals surface area contributed by atoms with Gasteiger partial charge in [-0.2, -0.15) is 0 Å². The zero-order valence-electron chi connectivity index (χ0n) is 13.6. The summed E-state index contributed by atoms with van der Waals surface area (Å²) >= 11 is 2.22. The highest BCUT2D eigenvalue weighted by molar-refractivity contribution is 14.1. The monoisotopic (exact) mass is 416 g/mol. The van der Waals surface area contributed by atoms with E-state index in [1.165, 1.54) is 0 Å². The highest BCUT2D eigenvalue weighted by Crippen LogP contribution is 2.12. The van der Waals surface area contributed by atoms with E-state index in [4.69, 9.17) is 9.47 Å². The van der Waals surface area contributed by atoms with Gasteiger partial charge in [-0.15, -0.1) is 0 Å². The number of halogens is 1. The first-order chi connectivity index (χ1) is 10.6. The molecule has 22 heavy (non-hydrogen) atoms. The number of allylic oxidation sites excluding steroid dienone is 2. The van der Waals surface area contributed by atoms with Crippen LogP contribution in [0.5, 0.6) is 5.88 Å². The van der Waals surface area contributed by atoms with E-state index in [0.29, 0.717) is 25.1 Å². The van der Waals surface area contributed by atoms with Crippen molar-refractivity contribution in [1.29, 1.82) is 0 Å². The highest BCUT2D eigenvalue weighted by Gasteiger charge is 2.11. The number of nitrogens with zero attached hydrogens (tertiary/aromatic N) is 2. The Bertz CT molecular complexity index is 474. The van der Waals surface area contributed by atoms with Gasteiger partial charge in [0.25, 0.3) is 0 Å². The summed E-state index contributed by atoms with van der Waals surface area (Å²) in [6, 6.07) is 4.28. The van der Waals surface area contributed by atoms with Crippen molar-refractivity contribution in [2.45, 2.75) is 32.7 Å². The molecular weight excluding hydrogens is 391 g/mol. The highest BCUT2D eigenvalue weighted by atomic mass is 127. The van der Waals surface area contributed by atoms with Gasteiger partial charge in [-0.3, -0.25) is 0 Å². The first-order valence-electron chi connectivity index (χ1n) is 7.51. The number of hydrogen-bond acceptors (Lipinski definition) is 4. The number of aromatic nitrogens is 1. The lowest BCUT2D eigenvalue weighted by atomic mass is 10.2. The molecule has 0 aromatic carbocycles. The molecule has 1 unspecified atom stereocenters. The minimum Gasteiger partial charge on any atom is -0.479 e. The van der Waals surface area contributed by atoms with Crippen molar-refractivity contribution in [1.82, 2.24) is 9.88 Å². The average Bonchev–Trinajstić information content (AvgIpc) is 2.53. The Balaban J connectivity index is 2.33. The second-order valence-corrected chi connectivity index (χ2v) is 6.22. The Morgan fingerprint density at radius 2 is 2.23 bits per heavy atom. The van der Waals surface area contributed by atoms with Gasteiger partial charge in [0.15, 0.2) is 5.88 Å². The van der Waals surface area contributed by atoms with Crippen molar-refractivity contribution in [3.8, 4) is 5.88 Å². The van der Waals surface area contributed by atoms with E-state index in [9.17, 15) is 0 Å². The molecule has 0 aliphatic rings. The smallest absolute Gasteiger partial charge is 0.213 e. The van der Waals surface area contributed by atoms with E-state index in [2.05, 4.69) is 52.9 Å². The summed E-state index contributed by atoms with van der Waals surface area (Å²) in [5.74, 6) is 1.50. The Hall–Kier alpha value is -1.24. The Morgan fingerprint density at radius 3 is 2.82 bits per heavy atom. The van der Waals surface area contributed by atoms with Gasteiger partial charge in [0.2, 0.25) is 5.88 Å². The number of hydrogen-bond donors (Lipinski definition) is 0. The third kappa shape index (κ3) is 6.68. The molecule has 1 rings (SSSR count). The average molecular weight is 416 g/mol. The molecule has 0 aliphatic carbocycles. The second-order valence-electron chi connectivity index (χ2n) is 4.97. The van der Waals surface area contributed by atoms with Crippen LogP contribution in [0, 0.1) is 3.57 Å². The van der Waals surface area contributed by atoms with E-state index in [-0.39, 0.29) is 0 Å². The summed E-state index contributed by atoms with van der Waals surface area (Å²) in [5.41, 5.74) is 0. The van der Waals surface area contributed by atoms with Crippen molar-refractivity contribution in [2.24, 2.45) is 0 Å². The lowest BCUT2D eigenvalue weighted by Crippen LogP contribution is -2.29. The third-order valence-corrected chi connectivity index (χ3v) is 3.99. The van der Waals surface area contributed by atoms with E-state index >= 15 is 0 Å². The first kappa shape index (κ1) is 18.8. The summed E-state index contributed by atoms with van der Waals surface area (Å²) in [6.45, 7) is 9.26. The van der Waals surface area contributed by atoms with Gasteiger partial charge in [0, 0.05) is 35.3 Å². The summed E-state index contributed by atoms with van der Waals surface area (Å²) in [5, 5.41) is 0. The Labute approximate surface area is 147 Å². The van der Waals surface area contributed by atoms with E-state index in [0.717, 1.165) is 22.3 Å². The minimum atomic E-state index is 0.429. The fourth-order valence-corrected chi connectivity index (χ4v) is 2.04. The van der Waals surface area contributed by atoms with Gasteiger partial charge in [0.05, 0.1) is 13.2 Å². The fourth-order valence-electron chi connectivity index (χ4n) is 1.72. The molecule has 1 aromatic heterocycles. The Morgan fingerprint density at radius 1 is 1.45 bits per heavy atom. The molecule has 0 fully saturated rings. The van der Waals surface area contributed by atoms with Gasteiger partial charge < -0.3 is 14.4 Å². The van der Waals surface area contributed by atoms with Gasteiger partial charge >= 0.3 is 0 Å². The summed E-state index contributed by atoms with van der Waals surface area (Å²) < 4.78 is 12.5. The quantitative estimate of drug-likeness (QED) is 0.248. The predicted molar refractivity (Wildman–Crippen MR) is 98.8 cm³/mol. The topological polar surface area (TPSA) is 34.6 Å². The molecule has 4 nitrogen and oxygen atoms in total. The van der Waals surface area contributed by atoms with Crippen LogP contribution in [0.2, 0.25) is 0 Å². The SMILES string of the molecule is C=C/C=C(/OCCCOc1ccc(I)cn1)N(C)C(C)CC. The van der Waals surface area contributed by atoms with Crippen LogP contribution in [-0.4, -0.2) is 36.2 Å². The second kappa shape index (κ2) is 10.5. The molecule has 0 bridgehead atoms. The molecule has 122 valence electrons. The molecule has 1 heterocycles. The maximum Gasteiger partial charge on any atom is 0.213 e. The summed E-state index contributed by atoms with van der Waals surface area (Å²) in [4.78, 5) is 6.33. The minimum absolute atomic E-state index is 0.429. The number of rotatable bonds is 10. The normalized spacial score (nSPS) is 12.6. The zero-order valence-corrected chi connectivity index (χ0v) is 15.7. The van der Waals surface area contributed by atoms with Crippen LogP contribution in [-0.2, 0) is 4.74 Å². The molecule has 0 saturated heterocycles. The van der Waals surface area contributed by atoms with Crippen molar-refractivity contribution in [3.05, 3.63) is 46.5 Å². The third-order valence-electron chi connectivity index (χ3n) is 3.35. The van der Waals surface area contributed by atoms with Crippen LogP contribution in [0.3, 0.4) is 0 Å². The van der Waals surface area contributed by atoms with Crippen molar-refractivity contribution in [3.63, 3.8) is 0 Å². The van der Waals surface area contributed by atoms with Gasteiger partial charge in [-0.25, -0.2) is 4.98 Å². The van der Waals surface area contributed by atoms with Gasteiger partial charge in [-0.05, 0) is 48.1 Å². The van der Waals surface area contributed by atoms with Crippen molar-refractivity contribution >= 4 is 22.6 Å². The maximum atomic E-state index is 5.84. The van der Waals surface area contributed by atoms with Crippen LogP contribution in [0.1, 0.15) is 26.7 Å². The lowest BCUT2D eigenvalue weighted by Gasteiger charge is -2.28. The fraction of sp³-hybridized carbons (Fsp3) is 0.471. The van der Waals surface area contributed by atoms with Crippen LogP contribution in [0.4, 0.5) is 0 Å². The molecule has 1 aromatic rings. The molecule has 0 radical (unpaired) electrons. The molecule has 0 N–H and O–H groups in total. The predicted octanol–water partition coefficient (Wildman–Crippen LogP) is 4.23. The summed E-state index contributed by atoms with van der Waals surface area (Å²) in [7, 11) is 2.04. The maximum absolute atomic E-state index is 5.84. The molecule has 0 amide bonds. The van der Waals surface area contributed by atoms with Crippen molar-refractivity contribution in [2.75, 3.05) is 20.3 Å². The van der Waals surface area contributed by atoms with Crippen LogP contribution in [0.15, 0.2) is 42.9 Å². The largest absolute Gasteiger partial charge is 0.479 e. The Kier molecular flexibility index (Phi) is 8.96. The standard InChI is InChI=1S/C17H25IN2O2/c1-5-8-17(20(4)14(3)6-2)22-12-7-11-21-16-10-9-15(18)13-19-16/h5,8-10,13-14H,1,6-7,11-12H2,2-4H3/b17-8+. The van der Waals surface area contributed by atoms with Crippen LogP contribution < -0.4 is 4.74 Å². The van der Waals surface area contributed by atoms with E-state index < -0.39 is 0 Å². The lowest BCUT2D eigenvalue weighted by molar-refractivity contribution is 0.0965. The molecule has 1 atom stereocenters. The van der Waals surface area contributed by atoms with Gasteiger partial charge in [0.1, 0.15) is 0 Å². The van der Waals surface area contributed by atoms with Crippen LogP contribution >= 0.6 is 22.6 Å². The number of ether oxygens (including phenoxy) is 2. The van der Waals surface area contributed by atoms with Gasteiger partial charge in [-0.1, -0.05) is 19.6 Å². The molecular formula is C17H25IN2O2. The zero-order chi connectivity index (χ0) is 16.4. The molecule has 0 aliphatic heterocycles. The van der Waals surface area contributed by atoms with Crippen molar-refractivity contribution < 1.29 is 9.47 Å². The number of pyridine rings is 1.